The van der Waals surface area contributed by atoms with Crippen LogP contribution in [-0.2, 0) is 10.8 Å². The molecule has 16 rings (SSSR count). The third-order valence-electron chi connectivity index (χ3n) is 16.7. The first kappa shape index (κ1) is 41.4. The maximum absolute atomic E-state index is 5.43. The van der Waals surface area contributed by atoms with Gasteiger partial charge in [0.25, 0.3) is 0 Å². The van der Waals surface area contributed by atoms with E-state index in [1.165, 1.54) is 66.8 Å². The van der Waals surface area contributed by atoms with E-state index in [2.05, 4.69) is 264 Å². The van der Waals surface area contributed by atoms with Crippen molar-refractivity contribution in [1.82, 2.24) is 27.9 Å². The molecule has 0 bridgehead atoms. The highest BCUT2D eigenvalue weighted by Crippen LogP contribution is 2.56. The molecule has 6 nitrogen and oxygen atoms in total. The summed E-state index contributed by atoms with van der Waals surface area (Å²) in [7, 11) is 0. The first-order valence-electron chi connectivity index (χ1n) is 25.8. The molecule has 74 heavy (non-hydrogen) atoms. The molecule has 0 atom stereocenters. The Bertz CT molecular complexity index is 4410. The number of rotatable bonds is 5. The molecule has 0 saturated carbocycles. The van der Waals surface area contributed by atoms with Gasteiger partial charge >= 0.3 is 0 Å². The van der Waals surface area contributed by atoms with Gasteiger partial charge < -0.3 is 0 Å². The average Bonchev–Trinajstić information content (AvgIpc) is 4.29. The molecule has 0 saturated heterocycles. The van der Waals surface area contributed by atoms with Crippen molar-refractivity contribution in [3.05, 3.63) is 241 Å². The van der Waals surface area contributed by atoms with E-state index in [0.717, 1.165) is 78.2 Å². The van der Waals surface area contributed by atoms with Gasteiger partial charge in [-0.3, -0.25) is 17.9 Å². The molecule has 0 fully saturated rings. The molecule has 4 aromatic heterocycles. The Morgan fingerprint density at radius 3 is 1.08 bits per heavy atom. The van der Waals surface area contributed by atoms with Crippen LogP contribution in [0.3, 0.4) is 0 Å². The van der Waals surface area contributed by atoms with E-state index < -0.39 is 0 Å². The van der Waals surface area contributed by atoms with Gasteiger partial charge in [-0.05, 0) is 139 Å². The average molecular weight is 949 g/mol. The van der Waals surface area contributed by atoms with Gasteiger partial charge in [0.15, 0.2) is 0 Å². The van der Waals surface area contributed by atoms with E-state index in [1.807, 2.05) is 0 Å². The quantitative estimate of drug-likeness (QED) is 0.173. The molecule has 350 valence electrons. The van der Waals surface area contributed by atoms with E-state index in [9.17, 15) is 0 Å². The van der Waals surface area contributed by atoms with Crippen molar-refractivity contribution in [2.45, 2.75) is 38.5 Å². The summed E-state index contributed by atoms with van der Waals surface area (Å²) in [4.78, 5) is 10.9. The Hall–Kier alpha value is -9.26. The highest BCUT2D eigenvalue weighted by Gasteiger charge is 2.42. The molecule has 2 aliphatic carbocycles. The minimum Gasteiger partial charge on any atom is -0.278 e. The number of hydrogen-bond donors (Lipinski definition) is 0. The Balaban J connectivity index is 0.897. The first-order chi connectivity index (χ1) is 36.3. The number of hydrogen-bond acceptors (Lipinski definition) is 2. The number of fused-ring (bicyclic) bond motifs is 16. The molecule has 0 aliphatic heterocycles. The van der Waals surface area contributed by atoms with Crippen LogP contribution in [0, 0.1) is 0 Å². The number of aromatic nitrogens is 6. The molecule has 6 heteroatoms. The second-order valence-electron chi connectivity index (χ2n) is 21.4. The molecule has 0 spiro atoms. The van der Waals surface area contributed by atoms with Gasteiger partial charge in [-0.15, -0.1) is 0 Å². The zero-order valence-electron chi connectivity index (χ0n) is 41.5. The summed E-state index contributed by atoms with van der Waals surface area (Å²) >= 11 is 0. The van der Waals surface area contributed by atoms with E-state index >= 15 is 0 Å². The lowest BCUT2D eigenvalue weighted by Crippen LogP contribution is -2.19. The van der Waals surface area contributed by atoms with Gasteiger partial charge in [-0.2, -0.15) is 0 Å². The maximum atomic E-state index is 5.43. The lowest BCUT2D eigenvalue weighted by molar-refractivity contribution is 0.658. The van der Waals surface area contributed by atoms with Gasteiger partial charge in [0.05, 0.1) is 55.5 Å². The van der Waals surface area contributed by atoms with Gasteiger partial charge in [0, 0.05) is 10.8 Å². The third-order valence-corrected chi connectivity index (χ3v) is 16.7. The zero-order valence-corrected chi connectivity index (χ0v) is 41.5. The molecule has 2 aliphatic rings. The van der Waals surface area contributed by atoms with Crippen LogP contribution in [0.2, 0.25) is 0 Å². The Morgan fingerprint density at radius 1 is 0.284 bits per heavy atom. The third kappa shape index (κ3) is 5.38. The maximum Gasteiger partial charge on any atom is 0.220 e. The minimum absolute atomic E-state index is 0.299. The highest BCUT2D eigenvalue weighted by atomic mass is 15.2. The number of imidazole rings is 4. The second kappa shape index (κ2) is 14.7. The smallest absolute Gasteiger partial charge is 0.220 e. The van der Waals surface area contributed by atoms with Crippen LogP contribution >= 0.6 is 0 Å². The summed E-state index contributed by atoms with van der Waals surface area (Å²) < 4.78 is 9.57. The lowest BCUT2D eigenvalue weighted by atomic mass is 9.78. The number of para-hydroxylation sites is 4. The Labute approximate surface area is 427 Å². The standard InChI is InChI=1S/C68H48N6/c1-67(2)61-45(41-19-7-5-8-20-41)23-15-25-47(61)49-27-17-33-57(63(49)67)73-55-37-35-43(39-59(55)71-53-31-13-11-29-51(53)69-65(71)73)44-36-38-56-60(40-44)72-54-32-14-12-30-52(54)70-66(72)74(56)58-34-18-28-50-48-26-16-24-46(42-21-9-6-10-22-42)62(48)68(3,4)64(50)58/h5-40H,1-4H3. The van der Waals surface area contributed by atoms with Crippen molar-refractivity contribution in [3.8, 4) is 67.0 Å². The van der Waals surface area contributed by atoms with E-state index in [1.54, 1.807) is 0 Å². The molecule has 0 amide bonds. The van der Waals surface area contributed by atoms with Crippen LogP contribution in [0.15, 0.2) is 218 Å². The summed E-state index contributed by atoms with van der Waals surface area (Å²) in [6.07, 6.45) is 0. The lowest BCUT2D eigenvalue weighted by Gasteiger charge is -2.27. The topological polar surface area (TPSA) is 44.5 Å². The van der Waals surface area contributed by atoms with Gasteiger partial charge in [-0.1, -0.05) is 185 Å². The molecular formula is C68H48N6. The van der Waals surface area contributed by atoms with Crippen molar-refractivity contribution in [3.63, 3.8) is 0 Å². The minimum atomic E-state index is -0.299. The molecule has 10 aromatic carbocycles. The van der Waals surface area contributed by atoms with E-state index in [-0.39, 0.29) is 10.8 Å². The fourth-order valence-corrected chi connectivity index (χ4v) is 13.7. The van der Waals surface area contributed by atoms with E-state index in [0.29, 0.717) is 0 Å². The molecule has 0 N–H and O–H groups in total. The fraction of sp³-hybridized carbons (Fsp3) is 0.0882. The van der Waals surface area contributed by atoms with Crippen LogP contribution in [0.4, 0.5) is 0 Å². The van der Waals surface area contributed by atoms with Crippen molar-refractivity contribution in [2.24, 2.45) is 0 Å². The summed E-state index contributed by atoms with van der Waals surface area (Å²) in [5, 5.41) is 0. The van der Waals surface area contributed by atoms with Crippen LogP contribution < -0.4 is 0 Å². The van der Waals surface area contributed by atoms with Crippen LogP contribution in [0.1, 0.15) is 49.9 Å². The summed E-state index contributed by atoms with van der Waals surface area (Å²) in [5.41, 5.74) is 28.0. The molecule has 0 radical (unpaired) electrons. The van der Waals surface area contributed by atoms with Gasteiger partial charge in [0.2, 0.25) is 11.6 Å². The SMILES string of the molecule is CC1(C)c2c(-c3ccccc3)cccc2-c2cccc(-n3c4ccc(-c5ccc6c(c5)n5c7ccccc7nc5n6-c5cccc6c5C(C)(C)c5c(-c7ccccc7)cccc5-6)cc4n4c5ccccc5nc34)c21. The number of benzene rings is 10. The van der Waals surface area contributed by atoms with Crippen molar-refractivity contribution in [2.75, 3.05) is 0 Å². The van der Waals surface area contributed by atoms with E-state index in [4.69, 9.17) is 9.97 Å². The van der Waals surface area contributed by atoms with Crippen molar-refractivity contribution in [1.29, 1.82) is 0 Å². The van der Waals surface area contributed by atoms with Crippen molar-refractivity contribution >= 4 is 55.7 Å². The second-order valence-corrected chi connectivity index (χ2v) is 21.4. The molecule has 4 heterocycles. The molecule has 0 unspecified atom stereocenters. The Morgan fingerprint density at radius 2 is 0.649 bits per heavy atom. The van der Waals surface area contributed by atoms with Crippen LogP contribution in [0.5, 0.6) is 0 Å². The van der Waals surface area contributed by atoms with Gasteiger partial charge in [-0.25, -0.2) is 9.97 Å². The summed E-state index contributed by atoms with van der Waals surface area (Å²) in [6.45, 7) is 9.58. The predicted molar refractivity (Wildman–Crippen MR) is 304 cm³/mol. The summed E-state index contributed by atoms with van der Waals surface area (Å²) in [5.74, 6) is 1.80. The monoisotopic (exact) mass is 948 g/mol. The Kier molecular flexibility index (Phi) is 8.21. The first-order valence-corrected chi connectivity index (χ1v) is 25.8. The molecule has 14 aromatic rings. The van der Waals surface area contributed by atoms with Crippen LogP contribution in [0.25, 0.3) is 123 Å². The fourth-order valence-electron chi connectivity index (χ4n) is 13.7. The normalized spacial score (nSPS) is 14.2. The predicted octanol–water partition coefficient (Wildman–Crippen LogP) is 16.8. The van der Waals surface area contributed by atoms with Crippen molar-refractivity contribution < 1.29 is 0 Å². The largest absolute Gasteiger partial charge is 0.278 e. The van der Waals surface area contributed by atoms with Gasteiger partial charge in [0.1, 0.15) is 0 Å². The zero-order chi connectivity index (χ0) is 49.2. The van der Waals surface area contributed by atoms with Crippen LogP contribution in [-0.4, -0.2) is 27.9 Å². The number of nitrogens with zero attached hydrogens (tertiary/aromatic N) is 6. The summed E-state index contributed by atoms with van der Waals surface area (Å²) in [6, 6.07) is 80.0. The highest BCUT2D eigenvalue weighted by molar-refractivity contribution is 6.00. The molecular weight excluding hydrogens is 901 g/mol.